The second-order valence-electron chi connectivity index (χ2n) is 6.44. The van der Waals surface area contributed by atoms with Gasteiger partial charge in [0.2, 0.25) is 5.88 Å². The molecule has 0 saturated heterocycles. The molecule has 4 N–H and O–H groups in total. The molecular formula is C21H19FN4O2. The molecule has 0 fully saturated rings. The minimum Gasteiger partial charge on any atom is -0.475 e. The first-order valence-corrected chi connectivity index (χ1v) is 8.81. The summed E-state index contributed by atoms with van der Waals surface area (Å²) in [6, 6.07) is 10.5. The predicted molar refractivity (Wildman–Crippen MR) is 106 cm³/mol. The lowest BCUT2D eigenvalue weighted by Crippen LogP contribution is -2.04. The Hall–Kier alpha value is -3.45. The molecule has 0 bridgehead atoms. The van der Waals surface area contributed by atoms with Crippen molar-refractivity contribution in [1.29, 1.82) is 0 Å². The zero-order valence-electron chi connectivity index (χ0n) is 15.2. The van der Waals surface area contributed by atoms with Crippen molar-refractivity contribution in [1.82, 2.24) is 15.0 Å². The number of aryl methyl sites for hydroxylation is 1. The van der Waals surface area contributed by atoms with Gasteiger partial charge in [-0.05, 0) is 53.9 Å². The smallest absolute Gasteiger partial charge is 0.214 e. The third-order valence-electron chi connectivity index (χ3n) is 4.53. The van der Waals surface area contributed by atoms with Gasteiger partial charge in [-0.25, -0.2) is 14.4 Å². The lowest BCUT2D eigenvalue weighted by molar-refractivity contribution is 0.197. The Morgan fingerprint density at radius 3 is 2.86 bits per heavy atom. The van der Waals surface area contributed by atoms with Crippen LogP contribution in [0.4, 0.5) is 10.1 Å². The maximum atomic E-state index is 13.8. The Bertz CT molecular complexity index is 1160. The molecule has 28 heavy (non-hydrogen) atoms. The number of aliphatic hydroxyl groups excluding tert-OH is 1. The monoisotopic (exact) mass is 378 g/mol. The van der Waals surface area contributed by atoms with E-state index in [-0.39, 0.29) is 18.9 Å². The number of halogens is 1. The molecule has 4 aromatic rings. The number of aromatic amines is 1. The number of rotatable bonds is 5. The Kier molecular flexibility index (Phi) is 4.67. The van der Waals surface area contributed by atoms with Gasteiger partial charge in [0.15, 0.2) is 0 Å². The summed E-state index contributed by atoms with van der Waals surface area (Å²) in [5.74, 6) is -0.0835. The molecule has 6 nitrogen and oxygen atoms in total. The second kappa shape index (κ2) is 7.28. The summed E-state index contributed by atoms with van der Waals surface area (Å²) in [6.07, 6.45) is 3.52. The van der Waals surface area contributed by atoms with Crippen LogP contribution < -0.4 is 10.5 Å². The van der Waals surface area contributed by atoms with Crippen LogP contribution in [0, 0.1) is 12.7 Å². The molecule has 7 heteroatoms. The lowest BCUT2D eigenvalue weighted by atomic mass is 9.98. The van der Waals surface area contributed by atoms with Crippen LogP contribution >= 0.6 is 0 Å². The molecule has 0 spiro atoms. The number of hydrogen-bond acceptors (Lipinski definition) is 5. The molecule has 0 unspecified atom stereocenters. The quantitative estimate of drug-likeness (QED) is 0.460. The van der Waals surface area contributed by atoms with Crippen LogP contribution in [0.25, 0.3) is 33.4 Å². The van der Waals surface area contributed by atoms with Crippen molar-refractivity contribution in [3.63, 3.8) is 0 Å². The normalized spacial score (nSPS) is 11.1. The maximum absolute atomic E-state index is 13.8. The first kappa shape index (κ1) is 17.9. The molecule has 0 saturated carbocycles. The van der Waals surface area contributed by atoms with E-state index >= 15 is 0 Å². The molecule has 142 valence electrons. The number of ether oxygens (including phenoxy) is 1. The number of nitrogens with one attached hydrogen (secondary N) is 1. The van der Waals surface area contributed by atoms with Gasteiger partial charge in [-0.15, -0.1) is 0 Å². The largest absolute Gasteiger partial charge is 0.475 e. The number of anilines is 1. The van der Waals surface area contributed by atoms with Gasteiger partial charge in [-0.2, -0.15) is 0 Å². The van der Waals surface area contributed by atoms with Gasteiger partial charge in [0.05, 0.1) is 18.0 Å². The molecule has 0 atom stereocenters. The Morgan fingerprint density at radius 1 is 1.18 bits per heavy atom. The molecule has 0 aliphatic carbocycles. The number of hydrogen-bond donors (Lipinski definition) is 3. The highest BCUT2D eigenvalue weighted by Gasteiger charge is 2.14. The van der Waals surface area contributed by atoms with Gasteiger partial charge in [-0.3, -0.25) is 0 Å². The van der Waals surface area contributed by atoms with Crippen LogP contribution in [0.5, 0.6) is 5.88 Å². The topological polar surface area (TPSA) is 97.1 Å². The summed E-state index contributed by atoms with van der Waals surface area (Å²) in [7, 11) is 0. The molecule has 0 radical (unpaired) electrons. The third-order valence-corrected chi connectivity index (χ3v) is 4.53. The summed E-state index contributed by atoms with van der Waals surface area (Å²) in [5.41, 5.74) is 10.5. The molecule has 0 aliphatic heterocycles. The summed E-state index contributed by atoms with van der Waals surface area (Å²) in [5, 5.41) is 10.0. The average molecular weight is 378 g/mol. The number of aromatic nitrogens is 3. The number of benzene rings is 1. The first-order valence-electron chi connectivity index (χ1n) is 8.81. The lowest BCUT2D eigenvalue weighted by Gasteiger charge is -2.13. The fourth-order valence-corrected chi connectivity index (χ4v) is 3.21. The summed E-state index contributed by atoms with van der Waals surface area (Å²) >= 11 is 0. The highest BCUT2D eigenvalue weighted by atomic mass is 19.1. The minimum atomic E-state index is -0.449. The van der Waals surface area contributed by atoms with Crippen molar-refractivity contribution in [3.8, 4) is 28.3 Å². The van der Waals surface area contributed by atoms with Gasteiger partial charge in [0.25, 0.3) is 0 Å². The van der Waals surface area contributed by atoms with E-state index < -0.39 is 5.82 Å². The van der Waals surface area contributed by atoms with Crippen molar-refractivity contribution in [2.24, 2.45) is 0 Å². The fourth-order valence-electron chi connectivity index (χ4n) is 3.21. The van der Waals surface area contributed by atoms with E-state index in [4.69, 9.17) is 15.6 Å². The zero-order valence-corrected chi connectivity index (χ0v) is 15.2. The number of aliphatic hydroxyl groups is 1. The van der Waals surface area contributed by atoms with Crippen LogP contribution in [0.2, 0.25) is 0 Å². The molecule has 0 aliphatic rings. The number of fused-ring (bicyclic) bond motifs is 1. The highest BCUT2D eigenvalue weighted by molar-refractivity contribution is 5.92. The van der Waals surface area contributed by atoms with Gasteiger partial charge in [0.1, 0.15) is 18.1 Å². The molecule has 3 heterocycles. The van der Waals surface area contributed by atoms with E-state index in [0.29, 0.717) is 11.6 Å². The number of H-pyrrole nitrogens is 1. The number of pyridine rings is 2. The zero-order chi connectivity index (χ0) is 19.7. The molecule has 3 aromatic heterocycles. The van der Waals surface area contributed by atoms with Gasteiger partial charge in [-0.1, -0.05) is 0 Å². The SMILES string of the molecule is Cc1cc(F)c(N)cc1-c1cc(OCCO)nc(-c2ccnc3[nH]ccc23)c1. The van der Waals surface area contributed by atoms with E-state index in [1.165, 1.54) is 6.07 Å². The van der Waals surface area contributed by atoms with Gasteiger partial charge >= 0.3 is 0 Å². The van der Waals surface area contributed by atoms with Crippen molar-refractivity contribution in [2.45, 2.75) is 6.92 Å². The third kappa shape index (κ3) is 3.27. The number of nitrogen functional groups attached to an aromatic ring is 1. The van der Waals surface area contributed by atoms with E-state index in [1.54, 1.807) is 18.3 Å². The van der Waals surface area contributed by atoms with Gasteiger partial charge in [0, 0.05) is 29.4 Å². The Labute approximate surface area is 160 Å². The second-order valence-corrected chi connectivity index (χ2v) is 6.44. The van der Waals surface area contributed by atoms with Crippen LogP contribution in [0.15, 0.2) is 48.8 Å². The molecule has 4 rings (SSSR count). The highest BCUT2D eigenvalue weighted by Crippen LogP contribution is 2.34. The molecule has 0 amide bonds. The Morgan fingerprint density at radius 2 is 2.04 bits per heavy atom. The van der Waals surface area contributed by atoms with Crippen LogP contribution in [0.3, 0.4) is 0 Å². The molecular weight excluding hydrogens is 359 g/mol. The van der Waals surface area contributed by atoms with Crippen molar-refractivity contribution in [2.75, 3.05) is 18.9 Å². The maximum Gasteiger partial charge on any atom is 0.214 e. The minimum absolute atomic E-state index is 0.0775. The average Bonchev–Trinajstić information content (AvgIpc) is 3.17. The number of nitrogens with two attached hydrogens (primary N) is 1. The molecule has 1 aromatic carbocycles. The van der Waals surface area contributed by atoms with E-state index in [1.807, 2.05) is 31.3 Å². The van der Waals surface area contributed by atoms with E-state index in [9.17, 15) is 4.39 Å². The van der Waals surface area contributed by atoms with Gasteiger partial charge < -0.3 is 20.6 Å². The van der Waals surface area contributed by atoms with Crippen LogP contribution in [-0.2, 0) is 0 Å². The van der Waals surface area contributed by atoms with Crippen LogP contribution in [-0.4, -0.2) is 33.3 Å². The van der Waals surface area contributed by atoms with Crippen LogP contribution in [0.1, 0.15) is 5.56 Å². The fraction of sp³-hybridized carbons (Fsp3) is 0.143. The first-order chi connectivity index (χ1) is 13.6. The van der Waals surface area contributed by atoms with Crippen molar-refractivity contribution in [3.05, 3.63) is 60.2 Å². The standard InChI is InChI=1S/C21H19FN4O2/c1-12-8-17(22)18(23)11-16(12)13-9-19(26-20(10-13)28-7-6-27)14-2-4-24-21-15(14)3-5-25-21/h2-5,8-11,27H,6-7,23H2,1H3,(H,24,25). The Balaban J connectivity index is 1.92. The number of nitrogens with zero attached hydrogens (tertiary/aromatic N) is 2. The summed E-state index contributed by atoms with van der Waals surface area (Å²) < 4.78 is 19.4. The summed E-state index contributed by atoms with van der Waals surface area (Å²) in [6.45, 7) is 1.82. The van der Waals surface area contributed by atoms with Crippen molar-refractivity contribution >= 4 is 16.7 Å². The predicted octanol–water partition coefficient (Wildman–Crippen LogP) is 3.69. The summed E-state index contributed by atoms with van der Waals surface area (Å²) in [4.78, 5) is 12.0. The van der Waals surface area contributed by atoms with E-state index in [0.717, 1.165) is 33.3 Å². The van der Waals surface area contributed by atoms with E-state index in [2.05, 4.69) is 15.0 Å². The van der Waals surface area contributed by atoms with Crippen molar-refractivity contribution < 1.29 is 14.2 Å².